The largest absolute Gasteiger partial charge is 0.351 e. The molecule has 20 heavy (non-hydrogen) atoms. The Kier molecular flexibility index (Phi) is 5.26. The van der Waals surface area contributed by atoms with E-state index in [1.54, 1.807) is 12.4 Å². The zero-order valence-electron chi connectivity index (χ0n) is 11.3. The molecule has 0 saturated heterocycles. The molecule has 1 heterocycles. The minimum absolute atomic E-state index is 0.121. The van der Waals surface area contributed by atoms with Crippen LogP contribution in [-0.2, 0) is 17.8 Å². The van der Waals surface area contributed by atoms with E-state index in [1.165, 1.54) is 5.56 Å². The van der Waals surface area contributed by atoms with Gasteiger partial charge in [0, 0.05) is 18.9 Å². The molecule has 0 radical (unpaired) electrons. The van der Waals surface area contributed by atoms with Crippen molar-refractivity contribution in [3.63, 3.8) is 0 Å². The van der Waals surface area contributed by atoms with E-state index in [-0.39, 0.29) is 5.91 Å². The van der Waals surface area contributed by atoms with Crippen LogP contribution in [0.4, 0.5) is 0 Å². The van der Waals surface area contributed by atoms with E-state index in [0.717, 1.165) is 12.0 Å². The zero-order valence-corrected chi connectivity index (χ0v) is 11.3. The smallest absolute Gasteiger partial charge is 0.237 e. The van der Waals surface area contributed by atoms with E-state index in [4.69, 9.17) is 5.73 Å². The topological polar surface area (TPSA) is 68.0 Å². The first-order chi connectivity index (χ1) is 9.75. The molecule has 0 aliphatic carbocycles. The maximum atomic E-state index is 11.9. The molecule has 1 atom stereocenters. The summed E-state index contributed by atoms with van der Waals surface area (Å²) in [6.07, 6.45) is 4.89. The van der Waals surface area contributed by atoms with Crippen molar-refractivity contribution in [1.82, 2.24) is 10.3 Å². The summed E-state index contributed by atoms with van der Waals surface area (Å²) in [5, 5.41) is 2.83. The number of hydrogen-bond donors (Lipinski definition) is 2. The Hall–Kier alpha value is -2.20. The number of aromatic nitrogens is 1. The van der Waals surface area contributed by atoms with Gasteiger partial charge in [0.2, 0.25) is 5.91 Å². The van der Waals surface area contributed by atoms with Crippen LogP contribution in [0.2, 0.25) is 0 Å². The molecule has 0 aliphatic rings. The number of carbonyl (C=O) groups excluding carboxylic acids is 1. The van der Waals surface area contributed by atoms with Crippen LogP contribution >= 0.6 is 0 Å². The predicted molar refractivity (Wildman–Crippen MR) is 78.8 cm³/mol. The highest BCUT2D eigenvalue weighted by atomic mass is 16.2. The zero-order chi connectivity index (χ0) is 14.2. The Bertz CT molecular complexity index is 528. The average Bonchev–Trinajstić information content (AvgIpc) is 2.52. The molecule has 3 N–H and O–H groups in total. The van der Waals surface area contributed by atoms with E-state index in [0.29, 0.717) is 13.0 Å². The minimum Gasteiger partial charge on any atom is -0.351 e. The molecular formula is C16H19N3O. The monoisotopic (exact) mass is 269 g/mol. The first-order valence-corrected chi connectivity index (χ1v) is 6.72. The van der Waals surface area contributed by atoms with Crippen molar-refractivity contribution < 1.29 is 4.79 Å². The van der Waals surface area contributed by atoms with Crippen LogP contribution in [0.1, 0.15) is 17.5 Å². The molecule has 0 spiro atoms. The van der Waals surface area contributed by atoms with Crippen LogP contribution in [0.5, 0.6) is 0 Å². The Morgan fingerprint density at radius 3 is 2.60 bits per heavy atom. The second kappa shape index (κ2) is 7.40. The van der Waals surface area contributed by atoms with E-state index in [1.807, 2.05) is 42.5 Å². The summed E-state index contributed by atoms with van der Waals surface area (Å²) in [5.74, 6) is -0.121. The van der Waals surface area contributed by atoms with Gasteiger partial charge in [-0.25, -0.2) is 0 Å². The highest BCUT2D eigenvalue weighted by Gasteiger charge is 2.12. The fourth-order valence-electron chi connectivity index (χ4n) is 1.92. The first-order valence-electron chi connectivity index (χ1n) is 6.72. The summed E-state index contributed by atoms with van der Waals surface area (Å²) < 4.78 is 0. The number of carbonyl (C=O) groups is 1. The van der Waals surface area contributed by atoms with Crippen molar-refractivity contribution in [3.05, 3.63) is 66.0 Å². The van der Waals surface area contributed by atoms with E-state index in [2.05, 4.69) is 10.3 Å². The van der Waals surface area contributed by atoms with Gasteiger partial charge in [0.25, 0.3) is 0 Å². The van der Waals surface area contributed by atoms with Gasteiger partial charge >= 0.3 is 0 Å². The molecule has 0 aliphatic heterocycles. The predicted octanol–water partition coefficient (Wildman–Crippen LogP) is 1.66. The summed E-state index contributed by atoms with van der Waals surface area (Å²) in [6.45, 7) is 0.464. The number of rotatable bonds is 6. The Labute approximate surface area is 119 Å². The summed E-state index contributed by atoms with van der Waals surface area (Å²) >= 11 is 0. The van der Waals surface area contributed by atoms with Crippen molar-refractivity contribution in [3.8, 4) is 0 Å². The van der Waals surface area contributed by atoms with E-state index >= 15 is 0 Å². The summed E-state index contributed by atoms with van der Waals surface area (Å²) in [6, 6.07) is 13.3. The van der Waals surface area contributed by atoms with Gasteiger partial charge in [0.1, 0.15) is 0 Å². The molecule has 0 bridgehead atoms. The molecule has 1 amide bonds. The fourth-order valence-corrected chi connectivity index (χ4v) is 1.92. The second-order valence-electron chi connectivity index (χ2n) is 4.71. The molecule has 1 unspecified atom stereocenters. The molecule has 1 aromatic carbocycles. The van der Waals surface area contributed by atoms with Crippen LogP contribution in [-0.4, -0.2) is 16.9 Å². The molecule has 104 valence electrons. The van der Waals surface area contributed by atoms with Crippen LogP contribution < -0.4 is 11.1 Å². The highest BCUT2D eigenvalue weighted by molar-refractivity contribution is 5.81. The standard InChI is InChI=1S/C16H19N3O/c17-15(9-8-13-5-2-1-3-6-13)16(20)19-12-14-7-4-10-18-11-14/h1-7,10-11,15H,8-9,12,17H2,(H,19,20). The van der Waals surface area contributed by atoms with E-state index in [9.17, 15) is 4.79 Å². The van der Waals surface area contributed by atoms with Crippen molar-refractivity contribution in [2.24, 2.45) is 5.73 Å². The second-order valence-corrected chi connectivity index (χ2v) is 4.71. The van der Waals surface area contributed by atoms with Crippen LogP contribution in [0, 0.1) is 0 Å². The molecular weight excluding hydrogens is 250 g/mol. The van der Waals surface area contributed by atoms with Crippen molar-refractivity contribution in [1.29, 1.82) is 0 Å². The average molecular weight is 269 g/mol. The SMILES string of the molecule is NC(CCc1ccccc1)C(=O)NCc1cccnc1. The number of aryl methyl sites for hydroxylation is 1. The van der Waals surface area contributed by atoms with Gasteiger partial charge in [0.05, 0.1) is 6.04 Å². The number of hydrogen-bond acceptors (Lipinski definition) is 3. The third kappa shape index (κ3) is 4.48. The Morgan fingerprint density at radius 1 is 1.15 bits per heavy atom. The molecule has 2 aromatic rings. The normalized spacial score (nSPS) is 11.8. The van der Waals surface area contributed by atoms with E-state index < -0.39 is 6.04 Å². The first kappa shape index (κ1) is 14.2. The molecule has 0 fully saturated rings. The lowest BCUT2D eigenvalue weighted by Gasteiger charge is -2.12. The van der Waals surface area contributed by atoms with Gasteiger partial charge in [-0.15, -0.1) is 0 Å². The summed E-state index contributed by atoms with van der Waals surface area (Å²) in [4.78, 5) is 15.9. The quantitative estimate of drug-likeness (QED) is 0.838. The number of nitrogens with zero attached hydrogens (tertiary/aromatic N) is 1. The third-order valence-electron chi connectivity index (χ3n) is 3.11. The molecule has 1 aromatic heterocycles. The van der Waals surface area contributed by atoms with Crippen molar-refractivity contribution >= 4 is 5.91 Å². The van der Waals surface area contributed by atoms with Crippen LogP contribution in [0.3, 0.4) is 0 Å². The maximum absolute atomic E-state index is 11.9. The number of benzene rings is 1. The van der Waals surface area contributed by atoms with Crippen LogP contribution in [0.25, 0.3) is 0 Å². The summed E-state index contributed by atoms with van der Waals surface area (Å²) in [5.41, 5.74) is 8.07. The third-order valence-corrected chi connectivity index (χ3v) is 3.11. The van der Waals surface area contributed by atoms with Crippen molar-refractivity contribution in [2.45, 2.75) is 25.4 Å². The molecule has 4 nitrogen and oxygen atoms in total. The minimum atomic E-state index is -0.480. The lowest BCUT2D eigenvalue weighted by molar-refractivity contribution is -0.122. The molecule has 0 saturated carbocycles. The van der Waals surface area contributed by atoms with Gasteiger partial charge in [-0.3, -0.25) is 9.78 Å². The number of nitrogens with two attached hydrogens (primary N) is 1. The maximum Gasteiger partial charge on any atom is 0.237 e. The van der Waals surface area contributed by atoms with Crippen LogP contribution in [0.15, 0.2) is 54.9 Å². The molecule has 2 rings (SSSR count). The fraction of sp³-hybridized carbons (Fsp3) is 0.250. The van der Waals surface area contributed by atoms with Gasteiger partial charge in [-0.1, -0.05) is 36.4 Å². The number of pyridine rings is 1. The number of nitrogens with one attached hydrogen (secondary N) is 1. The highest BCUT2D eigenvalue weighted by Crippen LogP contribution is 2.04. The number of amides is 1. The summed E-state index contributed by atoms with van der Waals surface area (Å²) in [7, 11) is 0. The van der Waals surface area contributed by atoms with Gasteiger partial charge in [0.15, 0.2) is 0 Å². The van der Waals surface area contributed by atoms with Gasteiger partial charge in [-0.2, -0.15) is 0 Å². The van der Waals surface area contributed by atoms with Gasteiger partial charge in [-0.05, 0) is 30.0 Å². The lowest BCUT2D eigenvalue weighted by atomic mass is 10.1. The molecule has 4 heteroatoms. The Balaban J connectivity index is 1.75. The van der Waals surface area contributed by atoms with Gasteiger partial charge < -0.3 is 11.1 Å². The lowest BCUT2D eigenvalue weighted by Crippen LogP contribution is -2.40. The van der Waals surface area contributed by atoms with Crippen molar-refractivity contribution in [2.75, 3.05) is 0 Å². The Morgan fingerprint density at radius 2 is 1.90 bits per heavy atom.